The summed E-state index contributed by atoms with van der Waals surface area (Å²) in [6, 6.07) is 5.55. The number of hydrogen-bond donors (Lipinski definition) is 1. The Morgan fingerprint density at radius 3 is 2.93 bits per heavy atom. The number of carbonyl (C=O) groups is 1. The first-order valence-corrected chi connectivity index (χ1v) is 9.41. The maximum Gasteiger partial charge on any atom is 0.287 e. The van der Waals surface area contributed by atoms with Gasteiger partial charge in [-0.15, -0.1) is 16.4 Å². The van der Waals surface area contributed by atoms with E-state index in [1.54, 1.807) is 6.07 Å². The number of thiazole rings is 1. The van der Waals surface area contributed by atoms with E-state index < -0.39 is 17.6 Å². The second-order valence-corrected chi connectivity index (χ2v) is 7.21. The van der Waals surface area contributed by atoms with Gasteiger partial charge in [0, 0.05) is 17.9 Å². The van der Waals surface area contributed by atoms with Crippen LogP contribution in [0.1, 0.15) is 28.1 Å². The minimum absolute atomic E-state index is 0.0510. The number of anilines is 1. The van der Waals surface area contributed by atoms with Crippen LogP contribution in [0.2, 0.25) is 0 Å². The van der Waals surface area contributed by atoms with Crippen LogP contribution in [0.15, 0.2) is 46.7 Å². The quantitative estimate of drug-likeness (QED) is 0.494. The Bertz CT molecular complexity index is 1200. The van der Waals surface area contributed by atoms with Crippen molar-refractivity contribution in [2.45, 2.75) is 19.4 Å². The van der Waals surface area contributed by atoms with Gasteiger partial charge in [-0.25, -0.2) is 14.4 Å². The van der Waals surface area contributed by atoms with E-state index in [-0.39, 0.29) is 29.5 Å². The van der Waals surface area contributed by atoms with Gasteiger partial charge in [0.2, 0.25) is 0 Å². The number of amides is 1. The molecular weight excluding hydrogens is 421 g/mol. The Kier molecular flexibility index (Phi) is 5.08. The molecule has 3 aromatic heterocycles. The van der Waals surface area contributed by atoms with Gasteiger partial charge in [0.15, 0.2) is 23.7 Å². The summed E-state index contributed by atoms with van der Waals surface area (Å²) in [5.41, 5.74) is -0.0161. The fourth-order valence-corrected chi connectivity index (χ4v) is 3.40. The number of nitrogens with zero attached hydrogens (tertiary/aromatic N) is 5. The zero-order valence-electron chi connectivity index (χ0n) is 15.3. The highest BCUT2D eigenvalue weighted by molar-refractivity contribution is 7.09. The van der Waals surface area contributed by atoms with Crippen LogP contribution in [0.3, 0.4) is 0 Å². The van der Waals surface area contributed by atoms with Crippen molar-refractivity contribution in [3.05, 3.63) is 64.4 Å². The molecule has 3 heterocycles. The number of alkyl halides is 2. The fraction of sp³-hybridized carbons (Fsp3) is 0.167. The first-order chi connectivity index (χ1) is 14.3. The molecule has 0 aliphatic rings. The van der Waals surface area contributed by atoms with Crippen LogP contribution in [0.4, 0.5) is 19.0 Å². The van der Waals surface area contributed by atoms with Gasteiger partial charge in [-0.3, -0.25) is 4.79 Å². The van der Waals surface area contributed by atoms with Gasteiger partial charge >= 0.3 is 0 Å². The third-order valence-corrected chi connectivity index (χ3v) is 4.76. The molecule has 0 aliphatic carbocycles. The van der Waals surface area contributed by atoms with Gasteiger partial charge in [-0.2, -0.15) is 18.7 Å². The van der Waals surface area contributed by atoms with Gasteiger partial charge in [0.05, 0.1) is 6.20 Å². The molecule has 8 nitrogen and oxygen atoms in total. The molecule has 4 aromatic rings. The minimum Gasteiger partial charge on any atom is -0.443 e. The largest absolute Gasteiger partial charge is 0.443 e. The molecule has 1 aromatic carbocycles. The Morgan fingerprint density at radius 1 is 1.37 bits per heavy atom. The van der Waals surface area contributed by atoms with E-state index >= 15 is 0 Å². The Balaban J connectivity index is 1.46. The number of carbonyl (C=O) groups excluding carboxylic acids is 1. The molecule has 0 fully saturated rings. The number of benzene rings is 1. The predicted octanol–water partition coefficient (Wildman–Crippen LogP) is 3.94. The number of halogens is 3. The van der Waals surface area contributed by atoms with Crippen molar-refractivity contribution in [2.75, 3.05) is 5.32 Å². The van der Waals surface area contributed by atoms with E-state index in [9.17, 15) is 18.0 Å². The van der Waals surface area contributed by atoms with Crippen LogP contribution in [-0.4, -0.2) is 30.9 Å². The molecule has 0 atom stereocenters. The van der Waals surface area contributed by atoms with Crippen molar-refractivity contribution in [2.24, 2.45) is 0 Å². The number of rotatable bonds is 6. The van der Waals surface area contributed by atoms with Crippen molar-refractivity contribution in [3.8, 4) is 11.3 Å². The molecule has 0 saturated heterocycles. The summed E-state index contributed by atoms with van der Waals surface area (Å²) in [6.07, 6.45) is 2.37. The normalized spacial score (nSPS) is 11.6. The van der Waals surface area contributed by atoms with E-state index in [2.05, 4.69) is 25.5 Å². The van der Waals surface area contributed by atoms with Crippen LogP contribution in [-0.2, 0) is 12.5 Å². The Labute approximate surface area is 171 Å². The fourth-order valence-electron chi connectivity index (χ4n) is 2.55. The topological polar surface area (TPSA) is 98.7 Å². The van der Waals surface area contributed by atoms with Crippen LogP contribution in [0.25, 0.3) is 11.3 Å². The lowest BCUT2D eigenvalue weighted by molar-refractivity contribution is 0.0132. The first kappa shape index (κ1) is 19.8. The molecule has 30 heavy (non-hydrogen) atoms. The summed E-state index contributed by atoms with van der Waals surface area (Å²) in [4.78, 5) is 21.5. The highest BCUT2D eigenvalue weighted by atomic mass is 32.1. The Hall–Kier alpha value is -3.54. The molecule has 0 bridgehead atoms. The standard InChI is InChI=1S/C18H13F3N6O2S/c1-18(20,21)12-8-30-14(24-12)7-27-23-6-13(26-27)25-17(28)15-16(29-9-22-15)10-3-2-4-11(19)5-10/h2-6,8-9H,7H2,1H3,(H,25,26,28). The van der Waals surface area contributed by atoms with Crippen molar-refractivity contribution in [1.82, 2.24) is 25.0 Å². The summed E-state index contributed by atoms with van der Waals surface area (Å²) >= 11 is 1.06. The number of oxazole rings is 1. The molecule has 0 aliphatic heterocycles. The molecule has 1 N–H and O–H groups in total. The van der Waals surface area contributed by atoms with Crippen molar-refractivity contribution >= 4 is 23.1 Å². The highest BCUT2D eigenvalue weighted by Gasteiger charge is 2.27. The van der Waals surface area contributed by atoms with Gasteiger partial charge in [0.1, 0.15) is 23.1 Å². The maximum atomic E-state index is 13.5. The van der Waals surface area contributed by atoms with E-state index in [0.29, 0.717) is 10.6 Å². The SMILES string of the molecule is CC(F)(F)c1csc(Cn2ncc(NC(=O)c3ncoc3-c3cccc(F)c3)n2)n1. The zero-order chi connectivity index (χ0) is 21.3. The first-order valence-electron chi connectivity index (χ1n) is 8.53. The average Bonchev–Trinajstić information content (AvgIpc) is 3.42. The molecule has 4 rings (SSSR count). The third kappa shape index (κ3) is 4.22. The third-order valence-electron chi connectivity index (χ3n) is 3.93. The number of nitrogens with one attached hydrogen (secondary N) is 1. The predicted molar refractivity (Wildman–Crippen MR) is 101 cm³/mol. The molecule has 1 amide bonds. The average molecular weight is 434 g/mol. The lowest BCUT2D eigenvalue weighted by Crippen LogP contribution is -2.14. The minimum atomic E-state index is -3.03. The summed E-state index contributed by atoms with van der Waals surface area (Å²) in [5.74, 6) is -3.91. The van der Waals surface area contributed by atoms with Crippen LogP contribution in [0.5, 0.6) is 0 Å². The lowest BCUT2D eigenvalue weighted by Gasteiger charge is -2.04. The van der Waals surface area contributed by atoms with Crippen molar-refractivity contribution in [3.63, 3.8) is 0 Å². The zero-order valence-corrected chi connectivity index (χ0v) is 16.2. The van der Waals surface area contributed by atoms with Gasteiger partial charge < -0.3 is 9.73 Å². The molecular formula is C18H13F3N6O2S. The molecule has 154 valence electrons. The Morgan fingerprint density at radius 2 is 2.20 bits per heavy atom. The monoisotopic (exact) mass is 434 g/mol. The van der Waals surface area contributed by atoms with Gasteiger partial charge in [-0.1, -0.05) is 12.1 Å². The van der Waals surface area contributed by atoms with E-state index in [1.165, 1.54) is 34.6 Å². The van der Waals surface area contributed by atoms with E-state index in [0.717, 1.165) is 24.7 Å². The van der Waals surface area contributed by atoms with Gasteiger partial charge in [0.25, 0.3) is 11.8 Å². The number of hydrogen-bond acceptors (Lipinski definition) is 7. The summed E-state index contributed by atoms with van der Waals surface area (Å²) in [6.45, 7) is 0.836. The number of aromatic nitrogens is 5. The second kappa shape index (κ2) is 7.71. The van der Waals surface area contributed by atoms with Crippen LogP contribution < -0.4 is 5.32 Å². The summed E-state index contributed by atoms with van der Waals surface area (Å²) in [7, 11) is 0. The van der Waals surface area contributed by atoms with Crippen molar-refractivity contribution in [1.29, 1.82) is 0 Å². The summed E-state index contributed by atoms with van der Waals surface area (Å²) in [5, 5.41) is 12.3. The van der Waals surface area contributed by atoms with Crippen molar-refractivity contribution < 1.29 is 22.4 Å². The van der Waals surface area contributed by atoms with Crippen LogP contribution >= 0.6 is 11.3 Å². The van der Waals surface area contributed by atoms with Gasteiger partial charge in [-0.05, 0) is 12.1 Å². The molecule has 0 spiro atoms. The smallest absolute Gasteiger partial charge is 0.287 e. The lowest BCUT2D eigenvalue weighted by atomic mass is 10.1. The second-order valence-electron chi connectivity index (χ2n) is 6.27. The molecule has 12 heteroatoms. The maximum absolute atomic E-state index is 13.5. The molecule has 0 saturated carbocycles. The molecule has 0 radical (unpaired) electrons. The van der Waals surface area contributed by atoms with E-state index in [1.807, 2.05) is 0 Å². The van der Waals surface area contributed by atoms with E-state index in [4.69, 9.17) is 4.42 Å². The highest BCUT2D eigenvalue weighted by Crippen LogP contribution is 2.28. The molecule has 0 unspecified atom stereocenters. The summed E-state index contributed by atoms with van der Waals surface area (Å²) < 4.78 is 45.3. The van der Waals surface area contributed by atoms with Crippen LogP contribution in [0, 0.1) is 5.82 Å².